The molecule has 0 saturated heterocycles. The molecule has 2 heterocycles. The third-order valence-corrected chi connectivity index (χ3v) is 6.18. The maximum absolute atomic E-state index is 13.2. The van der Waals surface area contributed by atoms with Gasteiger partial charge in [-0.1, -0.05) is 49.1 Å². The van der Waals surface area contributed by atoms with Crippen molar-refractivity contribution in [3.8, 4) is 0 Å². The molecular weight excluding hydrogens is 382 g/mol. The van der Waals surface area contributed by atoms with Crippen LogP contribution >= 0.6 is 0 Å². The van der Waals surface area contributed by atoms with Gasteiger partial charge in [0.2, 0.25) is 5.95 Å². The lowest BCUT2D eigenvalue weighted by Gasteiger charge is -2.32. The number of nitrogens with one attached hydrogen (secondary N) is 1. The second kappa shape index (κ2) is 7.75. The van der Waals surface area contributed by atoms with Crippen LogP contribution in [0.25, 0.3) is 11.2 Å². The Morgan fingerprint density at radius 1 is 1.07 bits per heavy atom. The number of fused-ring (bicyclic) bond motifs is 1. The van der Waals surface area contributed by atoms with Crippen LogP contribution in [-0.4, -0.2) is 35.9 Å². The number of nitrogens with zero attached hydrogens (tertiary/aromatic N) is 4. The number of aryl methyl sites for hydroxylation is 3. The van der Waals surface area contributed by atoms with Gasteiger partial charge in [0.15, 0.2) is 11.2 Å². The molecule has 4 rings (SSSR count). The minimum Gasteiger partial charge on any atom is -0.388 e. The van der Waals surface area contributed by atoms with Gasteiger partial charge in [-0.15, -0.1) is 0 Å². The molecule has 0 amide bonds. The van der Waals surface area contributed by atoms with Gasteiger partial charge in [0, 0.05) is 20.6 Å². The normalized spacial score (nSPS) is 16.1. The average molecular weight is 412 g/mol. The van der Waals surface area contributed by atoms with E-state index in [2.05, 4.69) is 10.3 Å². The first-order chi connectivity index (χ1) is 14.3. The molecule has 0 bridgehead atoms. The SMILES string of the molecule is Cc1ccc(Cn2c(=O)c3c(nc(NCC4(O)CCCCC4)n3C)n(C)c2=O)cc1. The minimum absolute atomic E-state index is 0.204. The smallest absolute Gasteiger partial charge is 0.332 e. The van der Waals surface area contributed by atoms with E-state index >= 15 is 0 Å². The van der Waals surface area contributed by atoms with Crippen LogP contribution in [0.3, 0.4) is 0 Å². The quantitative estimate of drug-likeness (QED) is 0.669. The molecule has 0 atom stereocenters. The topological polar surface area (TPSA) is 94.1 Å². The van der Waals surface area contributed by atoms with Gasteiger partial charge >= 0.3 is 5.69 Å². The number of aromatic nitrogens is 4. The van der Waals surface area contributed by atoms with Crippen LogP contribution in [0.5, 0.6) is 0 Å². The highest BCUT2D eigenvalue weighted by atomic mass is 16.3. The van der Waals surface area contributed by atoms with Gasteiger partial charge < -0.3 is 15.0 Å². The van der Waals surface area contributed by atoms with E-state index < -0.39 is 11.3 Å². The van der Waals surface area contributed by atoms with Crippen molar-refractivity contribution in [3.63, 3.8) is 0 Å². The van der Waals surface area contributed by atoms with Crippen LogP contribution in [0.15, 0.2) is 33.9 Å². The number of rotatable bonds is 5. The van der Waals surface area contributed by atoms with E-state index in [1.54, 1.807) is 18.7 Å². The first kappa shape index (κ1) is 20.4. The molecule has 1 saturated carbocycles. The summed E-state index contributed by atoms with van der Waals surface area (Å²) in [6, 6.07) is 7.77. The second-order valence-electron chi connectivity index (χ2n) is 8.52. The molecular formula is C22H29N5O3. The maximum atomic E-state index is 13.2. The summed E-state index contributed by atoms with van der Waals surface area (Å²) in [5.74, 6) is 0.476. The Kier molecular flexibility index (Phi) is 5.27. The first-order valence-electron chi connectivity index (χ1n) is 10.5. The summed E-state index contributed by atoms with van der Waals surface area (Å²) in [5.41, 5.74) is 1.19. The summed E-state index contributed by atoms with van der Waals surface area (Å²) in [5, 5.41) is 14.0. The molecule has 30 heavy (non-hydrogen) atoms. The van der Waals surface area contributed by atoms with E-state index in [1.807, 2.05) is 31.2 Å². The van der Waals surface area contributed by atoms with Gasteiger partial charge in [-0.2, -0.15) is 4.98 Å². The van der Waals surface area contributed by atoms with E-state index in [1.165, 1.54) is 9.13 Å². The van der Waals surface area contributed by atoms with E-state index in [0.29, 0.717) is 23.7 Å². The average Bonchev–Trinajstić information content (AvgIpc) is 3.07. The van der Waals surface area contributed by atoms with Crippen LogP contribution in [-0.2, 0) is 20.6 Å². The van der Waals surface area contributed by atoms with Crippen molar-refractivity contribution in [2.24, 2.45) is 14.1 Å². The van der Waals surface area contributed by atoms with E-state index in [9.17, 15) is 14.7 Å². The summed E-state index contributed by atoms with van der Waals surface area (Å²) in [4.78, 5) is 30.6. The summed E-state index contributed by atoms with van der Waals surface area (Å²) in [6.07, 6.45) is 4.69. The number of hydrogen-bond acceptors (Lipinski definition) is 5. The number of benzene rings is 1. The predicted octanol–water partition coefficient (Wildman–Crippen LogP) is 1.90. The lowest BCUT2D eigenvalue weighted by Crippen LogP contribution is -2.40. The van der Waals surface area contributed by atoms with Gasteiger partial charge in [-0.3, -0.25) is 13.9 Å². The van der Waals surface area contributed by atoms with Crippen LogP contribution < -0.4 is 16.6 Å². The molecule has 2 N–H and O–H groups in total. The van der Waals surface area contributed by atoms with E-state index in [0.717, 1.165) is 43.2 Å². The fourth-order valence-corrected chi connectivity index (χ4v) is 4.25. The molecule has 1 aliphatic rings. The Bertz CT molecular complexity index is 1180. The van der Waals surface area contributed by atoms with Crippen molar-refractivity contribution in [2.75, 3.05) is 11.9 Å². The maximum Gasteiger partial charge on any atom is 0.332 e. The van der Waals surface area contributed by atoms with Crippen LogP contribution in [0.4, 0.5) is 5.95 Å². The second-order valence-corrected chi connectivity index (χ2v) is 8.52. The fraction of sp³-hybridized carbons (Fsp3) is 0.500. The van der Waals surface area contributed by atoms with E-state index in [4.69, 9.17) is 0 Å². The molecule has 1 aromatic carbocycles. The highest BCUT2D eigenvalue weighted by Crippen LogP contribution is 2.28. The molecule has 1 fully saturated rings. The first-order valence-corrected chi connectivity index (χ1v) is 10.5. The molecule has 1 aliphatic carbocycles. The van der Waals surface area contributed by atoms with Gasteiger partial charge in [0.1, 0.15) is 0 Å². The van der Waals surface area contributed by atoms with Gasteiger partial charge in [0.05, 0.1) is 12.1 Å². The lowest BCUT2D eigenvalue weighted by molar-refractivity contribution is 0.0165. The molecule has 8 nitrogen and oxygen atoms in total. The third kappa shape index (κ3) is 3.67. The number of imidazole rings is 1. The van der Waals surface area contributed by atoms with Crippen molar-refractivity contribution < 1.29 is 5.11 Å². The molecule has 0 spiro atoms. The predicted molar refractivity (Wildman–Crippen MR) is 117 cm³/mol. The standard InChI is InChI=1S/C22H29N5O3/c1-15-7-9-16(10-8-15)13-27-19(28)17-18(26(3)21(27)29)24-20(25(17)2)23-14-22(30)11-5-4-6-12-22/h7-10,30H,4-6,11-14H2,1-3H3,(H,23,24). The van der Waals surface area contributed by atoms with Crippen molar-refractivity contribution in [2.45, 2.75) is 51.2 Å². The molecule has 160 valence electrons. The number of aliphatic hydroxyl groups is 1. The van der Waals surface area contributed by atoms with Gasteiger partial charge in [0.25, 0.3) is 5.56 Å². The Morgan fingerprint density at radius 2 is 1.73 bits per heavy atom. The minimum atomic E-state index is -0.756. The fourth-order valence-electron chi connectivity index (χ4n) is 4.25. The molecule has 0 aliphatic heterocycles. The zero-order chi connectivity index (χ0) is 21.5. The summed E-state index contributed by atoms with van der Waals surface area (Å²) < 4.78 is 4.33. The summed E-state index contributed by atoms with van der Waals surface area (Å²) in [7, 11) is 3.38. The molecule has 8 heteroatoms. The largest absolute Gasteiger partial charge is 0.388 e. The number of anilines is 1. The van der Waals surface area contributed by atoms with Crippen LogP contribution in [0.2, 0.25) is 0 Å². The highest BCUT2D eigenvalue weighted by molar-refractivity contribution is 5.74. The monoisotopic (exact) mass is 411 g/mol. The summed E-state index contributed by atoms with van der Waals surface area (Å²) >= 11 is 0. The van der Waals surface area contributed by atoms with E-state index in [-0.39, 0.29) is 12.1 Å². The Morgan fingerprint density at radius 3 is 2.40 bits per heavy atom. The van der Waals surface area contributed by atoms with Crippen molar-refractivity contribution in [1.82, 2.24) is 18.7 Å². The van der Waals surface area contributed by atoms with Gasteiger partial charge in [-0.05, 0) is 25.3 Å². The lowest BCUT2D eigenvalue weighted by atomic mass is 9.85. The van der Waals surface area contributed by atoms with Crippen molar-refractivity contribution >= 4 is 17.1 Å². The molecule has 2 aromatic heterocycles. The highest BCUT2D eigenvalue weighted by Gasteiger charge is 2.29. The van der Waals surface area contributed by atoms with Crippen molar-refractivity contribution in [1.29, 1.82) is 0 Å². The van der Waals surface area contributed by atoms with Crippen molar-refractivity contribution in [3.05, 3.63) is 56.2 Å². The van der Waals surface area contributed by atoms with Crippen LogP contribution in [0.1, 0.15) is 43.2 Å². The Labute approximate surface area is 174 Å². The molecule has 0 radical (unpaired) electrons. The molecule has 0 unspecified atom stereocenters. The zero-order valence-corrected chi connectivity index (χ0v) is 17.8. The zero-order valence-electron chi connectivity index (χ0n) is 17.8. The van der Waals surface area contributed by atoms with Gasteiger partial charge in [-0.25, -0.2) is 4.79 Å². The van der Waals surface area contributed by atoms with Crippen LogP contribution in [0, 0.1) is 6.92 Å². The summed E-state index contributed by atoms with van der Waals surface area (Å²) in [6.45, 7) is 2.57. The third-order valence-electron chi connectivity index (χ3n) is 6.18. The Hall–Kier alpha value is -2.87. The molecule has 3 aromatic rings. The Balaban J connectivity index is 1.71. The number of hydrogen-bond donors (Lipinski definition) is 2.